The van der Waals surface area contributed by atoms with Crippen LogP contribution in [-0.2, 0) is 6.54 Å². The Balaban J connectivity index is 2.00. The number of fused-ring (bicyclic) bond motifs is 1. The van der Waals surface area contributed by atoms with Crippen LogP contribution in [0.3, 0.4) is 0 Å². The van der Waals surface area contributed by atoms with Crippen molar-refractivity contribution < 1.29 is 9.47 Å². The van der Waals surface area contributed by atoms with Gasteiger partial charge in [-0.1, -0.05) is 18.2 Å². The summed E-state index contributed by atoms with van der Waals surface area (Å²) in [4.78, 5) is 0. The van der Waals surface area contributed by atoms with Crippen LogP contribution < -0.4 is 14.8 Å². The van der Waals surface area contributed by atoms with Crippen LogP contribution in [0.1, 0.15) is 12.0 Å². The molecule has 0 aliphatic carbocycles. The Hall–Kier alpha value is -1.48. The minimum atomic E-state index is 0.636. The minimum Gasteiger partial charge on any atom is -0.486 e. The molecule has 1 aliphatic rings. The molecule has 0 saturated carbocycles. The molecule has 0 aromatic heterocycles. The molecule has 0 bridgehead atoms. The summed E-state index contributed by atoms with van der Waals surface area (Å²) in [7, 11) is 0. The average molecular weight is 219 g/mol. The zero-order chi connectivity index (χ0) is 11.2. The van der Waals surface area contributed by atoms with E-state index >= 15 is 0 Å². The molecule has 1 aromatic carbocycles. The minimum absolute atomic E-state index is 0.636. The predicted molar refractivity (Wildman–Crippen MR) is 64.0 cm³/mol. The molecule has 0 fully saturated rings. The smallest absolute Gasteiger partial charge is 0.165 e. The topological polar surface area (TPSA) is 30.5 Å². The van der Waals surface area contributed by atoms with Gasteiger partial charge >= 0.3 is 0 Å². The van der Waals surface area contributed by atoms with Crippen LogP contribution in [0.15, 0.2) is 30.9 Å². The molecule has 0 unspecified atom stereocenters. The molecule has 3 nitrogen and oxygen atoms in total. The van der Waals surface area contributed by atoms with Crippen molar-refractivity contribution in [1.82, 2.24) is 5.32 Å². The van der Waals surface area contributed by atoms with Crippen molar-refractivity contribution in [3.8, 4) is 11.5 Å². The van der Waals surface area contributed by atoms with Crippen LogP contribution in [0.4, 0.5) is 0 Å². The number of benzene rings is 1. The van der Waals surface area contributed by atoms with E-state index < -0.39 is 0 Å². The molecule has 0 spiro atoms. The van der Waals surface area contributed by atoms with Crippen LogP contribution >= 0.6 is 0 Å². The maximum atomic E-state index is 5.63. The second kappa shape index (κ2) is 5.56. The van der Waals surface area contributed by atoms with Gasteiger partial charge in [0.25, 0.3) is 0 Å². The highest BCUT2D eigenvalue weighted by Gasteiger charge is 2.14. The molecule has 1 aromatic rings. The standard InChI is InChI=1S/C13H17NO2/c1-2-3-7-14-10-11-5-4-6-12-13(11)16-9-8-15-12/h2,4-6,14H,1,3,7-10H2. The number of para-hydroxylation sites is 1. The summed E-state index contributed by atoms with van der Waals surface area (Å²) in [5.41, 5.74) is 1.15. The monoisotopic (exact) mass is 219 g/mol. The van der Waals surface area contributed by atoms with Crippen LogP contribution in [0.2, 0.25) is 0 Å². The summed E-state index contributed by atoms with van der Waals surface area (Å²) in [6, 6.07) is 6.01. The van der Waals surface area contributed by atoms with Gasteiger partial charge in [-0.2, -0.15) is 0 Å². The van der Waals surface area contributed by atoms with Crippen LogP contribution in [-0.4, -0.2) is 19.8 Å². The fourth-order valence-electron chi connectivity index (χ4n) is 1.70. The van der Waals surface area contributed by atoms with E-state index in [1.807, 2.05) is 18.2 Å². The SMILES string of the molecule is C=CCCNCc1cccc2c1OCCO2. The largest absolute Gasteiger partial charge is 0.486 e. The molecule has 3 heteroatoms. The van der Waals surface area contributed by atoms with Gasteiger partial charge in [0.15, 0.2) is 11.5 Å². The first-order chi connectivity index (χ1) is 7.92. The molecule has 16 heavy (non-hydrogen) atoms. The van der Waals surface area contributed by atoms with Gasteiger partial charge in [0, 0.05) is 12.1 Å². The van der Waals surface area contributed by atoms with Gasteiger partial charge in [0.05, 0.1) is 0 Å². The number of rotatable bonds is 5. The van der Waals surface area contributed by atoms with E-state index in [0.29, 0.717) is 13.2 Å². The molecule has 0 saturated heterocycles. The first kappa shape index (κ1) is 11.0. The van der Waals surface area contributed by atoms with Gasteiger partial charge in [-0.15, -0.1) is 6.58 Å². The summed E-state index contributed by atoms with van der Waals surface area (Å²) in [6.45, 7) is 6.71. The zero-order valence-corrected chi connectivity index (χ0v) is 9.37. The van der Waals surface area contributed by atoms with Crippen molar-refractivity contribution in [2.75, 3.05) is 19.8 Å². The second-order valence-electron chi connectivity index (χ2n) is 3.70. The third-order valence-electron chi connectivity index (χ3n) is 2.49. The van der Waals surface area contributed by atoms with Crippen molar-refractivity contribution in [1.29, 1.82) is 0 Å². The lowest BCUT2D eigenvalue weighted by Gasteiger charge is -2.21. The number of nitrogens with one attached hydrogen (secondary N) is 1. The predicted octanol–water partition coefficient (Wildman–Crippen LogP) is 2.12. The maximum Gasteiger partial charge on any atom is 0.165 e. The van der Waals surface area contributed by atoms with Crippen molar-refractivity contribution in [3.05, 3.63) is 36.4 Å². The Kier molecular flexibility index (Phi) is 3.83. The van der Waals surface area contributed by atoms with Crippen LogP contribution in [0.5, 0.6) is 11.5 Å². The van der Waals surface area contributed by atoms with Crippen LogP contribution in [0.25, 0.3) is 0 Å². The number of ether oxygens (including phenoxy) is 2. The normalized spacial score (nSPS) is 13.5. The highest BCUT2D eigenvalue weighted by Crippen LogP contribution is 2.33. The molecular formula is C13H17NO2. The molecular weight excluding hydrogens is 202 g/mol. The zero-order valence-electron chi connectivity index (χ0n) is 9.37. The summed E-state index contributed by atoms with van der Waals surface area (Å²) >= 11 is 0. The summed E-state index contributed by atoms with van der Waals surface area (Å²) in [5, 5.41) is 3.35. The van der Waals surface area contributed by atoms with Crippen LogP contribution in [0, 0.1) is 0 Å². The Morgan fingerprint density at radius 3 is 3.06 bits per heavy atom. The highest BCUT2D eigenvalue weighted by atomic mass is 16.6. The third kappa shape index (κ3) is 2.55. The molecule has 1 heterocycles. The highest BCUT2D eigenvalue weighted by molar-refractivity contribution is 5.47. The molecule has 0 atom stereocenters. The van der Waals surface area contributed by atoms with Crippen molar-refractivity contribution >= 4 is 0 Å². The first-order valence-corrected chi connectivity index (χ1v) is 5.61. The molecule has 0 radical (unpaired) electrons. The first-order valence-electron chi connectivity index (χ1n) is 5.61. The van der Waals surface area contributed by atoms with E-state index in [0.717, 1.165) is 36.6 Å². The number of hydrogen-bond donors (Lipinski definition) is 1. The second-order valence-corrected chi connectivity index (χ2v) is 3.70. The van der Waals surface area contributed by atoms with Gasteiger partial charge in [0.1, 0.15) is 13.2 Å². The van der Waals surface area contributed by atoms with Gasteiger partial charge in [-0.3, -0.25) is 0 Å². The van der Waals surface area contributed by atoms with Crippen molar-refractivity contribution in [2.45, 2.75) is 13.0 Å². The molecule has 0 amide bonds. The van der Waals surface area contributed by atoms with E-state index in [9.17, 15) is 0 Å². The molecule has 1 aliphatic heterocycles. The summed E-state index contributed by atoms with van der Waals surface area (Å²) < 4.78 is 11.1. The molecule has 86 valence electrons. The van der Waals surface area contributed by atoms with Gasteiger partial charge in [-0.05, 0) is 19.0 Å². The lowest BCUT2D eigenvalue weighted by molar-refractivity contribution is 0.169. The van der Waals surface area contributed by atoms with E-state index in [1.165, 1.54) is 0 Å². The Morgan fingerprint density at radius 1 is 1.31 bits per heavy atom. The quantitative estimate of drug-likeness (QED) is 0.608. The summed E-state index contributed by atoms with van der Waals surface area (Å²) in [5.74, 6) is 1.74. The van der Waals surface area contributed by atoms with E-state index in [2.05, 4.69) is 18.0 Å². The average Bonchev–Trinajstić information content (AvgIpc) is 2.35. The lowest BCUT2D eigenvalue weighted by Crippen LogP contribution is -2.19. The summed E-state index contributed by atoms with van der Waals surface area (Å²) in [6.07, 6.45) is 2.89. The Morgan fingerprint density at radius 2 is 2.19 bits per heavy atom. The molecule has 2 rings (SSSR count). The third-order valence-corrected chi connectivity index (χ3v) is 2.49. The fraction of sp³-hybridized carbons (Fsp3) is 0.385. The van der Waals surface area contributed by atoms with Gasteiger partial charge in [-0.25, -0.2) is 0 Å². The molecule has 1 N–H and O–H groups in total. The van der Waals surface area contributed by atoms with Gasteiger partial charge in [0.2, 0.25) is 0 Å². The van der Waals surface area contributed by atoms with E-state index in [4.69, 9.17) is 9.47 Å². The van der Waals surface area contributed by atoms with Gasteiger partial charge < -0.3 is 14.8 Å². The fourth-order valence-corrected chi connectivity index (χ4v) is 1.70. The maximum absolute atomic E-state index is 5.63. The van der Waals surface area contributed by atoms with E-state index in [1.54, 1.807) is 0 Å². The Labute approximate surface area is 96.1 Å². The van der Waals surface area contributed by atoms with E-state index in [-0.39, 0.29) is 0 Å². The van der Waals surface area contributed by atoms with Crippen molar-refractivity contribution in [3.63, 3.8) is 0 Å². The lowest BCUT2D eigenvalue weighted by atomic mass is 10.1. The van der Waals surface area contributed by atoms with Crippen molar-refractivity contribution in [2.24, 2.45) is 0 Å². The Bertz CT molecular complexity index is 363. The number of hydrogen-bond acceptors (Lipinski definition) is 3.